The quantitative estimate of drug-likeness (QED) is 0.862. The molecule has 0 bridgehead atoms. The number of halogens is 1. The van der Waals surface area contributed by atoms with E-state index >= 15 is 0 Å². The molecule has 1 heterocycles. The van der Waals surface area contributed by atoms with Crippen LogP contribution in [0.5, 0.6) is 0 Å². The van der Waals surface area contributed by atoms with Gasteiger partial charge in [0.1, 0.15) is 11.3 Å². The van der Waals surface area contributed by atoms with Crippen LogP contribution in [-0.4, -0.2) is 23.9 Å². The number of esters is 1. The van der Waals surface area contributed by atoms with Gasteiger partial charge < -0.3 is 9.84 Å². The van der Waals surface area contributed by atoms with Crippen molar-refractivity contribution in [3.05, 3.63) is 46.2 Å². The fraction of sp³-hybridized carbons (Fsp3) is 0.375. The Hall–Kier alpha value is -1.81. The summed E-state index contributed by atoms with van der Waals surface area (Å²) in [5, 5.41) is 10.9. The first-order chi connectivity index (χ1) is 9.93. The average Bonchev–Trinajstić information content (AvgIpc) is 2.46. The Labute approximate surface area is 129 Å². The molecule has 1 N–H and O–H groups in total. The van der Waals surface area contributed by atoms with Crippen LogP contribution in [0.3, 0.4) is 0 Å². The number of nitrogens with zero attached hydrogens (tertiary/aromatic N) is 1. The number of aliphatic hydroxyl groups excluding tert-OH is 1. The van der Waals surface area contributed by atoms with Crippen LogP contribution < -0.4 is 0 Å². The van der Waals surface area contributed by atoms with Crippen molar-refractivity contribution in [1.82, 2.24) is 0 Å². The molecule has 0 spiro atoms. The van der Waals surface area contributed by atoms with Crippen LogP contribution in [0.15, 0.2) is 40.6 Å². The Balaban J connectivity index is 2.41. The van der Waals surface area contributed by atoms with Crippen LogP contribution >= 0.6 is 11.6 Å². The Bertz CT molecular complexity index is 602. The monoisotopic (exact) mass is 307 g/mol. The molecular formula is C16H18ClNO3. The van der Waals surface area contributed by atoms with E-state index in [0.29, 0.717) is 10.7 Å². The van der Waals surface area contributed by atoms with E-state index in [0.717, 1.165) is 5.56 Å². The second kappa shape index (κ2) is 6.31. The van der Waals surface area contributed by atoms with E-state index in [1.165, 1.54) is 7.11 Å². The number of hydrogen-bond acceptors (Lipinski definition) is 4. The second-order valence-electron chi connectivity index (χ2n) is 5.25. The SMILES string of the molecule is COC(=O)C1=C(O)CC(c2ccc(Cl)cc2)N=C1C(C)C. The van der Waals surface area contributed by atoms with Crippen LogP contribution in [0.4, 0.5) is 0 Å². The summed E-state index contributed by atoms with van der Waals surface area (Å²) in [5.74, 6) is -0.508. The Morgan fingerprint density at radius 1 is 1.38 bits per heavy atom. The second-order valence-corrected chi connectivity index (χ2v) is 5.69. The normalized spacial score (nSPS) is 18.7. The van der Waals surface area contributed by atoms with Crippen molar-refractivity contribution in [2.45, 2.75) is 26.3 Å². The lowest BCUT2D eigenvalue weighted by molar-refractivity contribution is -0.135. The number of benzene rings is 1. The highest BCUT2D eigenvalue weighted by Crippen LogP contribution is 2.33. The van der Waals surface area contributed by atoms with Gasteiger partial charge in [-0.3, -0.25) is 4.99 Å². The molecule has 1 unspecified atom stereocenters. The largest absolute Gasteiger partial charge is 0.511 e. The predicted octanol–water partition coefficient (Wildman–Crippen LogP) is 3.87. The summed E-state index contributed by atoms with van der Waals surface area (Å²) in [5.41, 5.74) is 1.72. The van der Waals surface area contributed by atoms with Crippen molar-refractivity contribution in [1.29, 1.82) is 0 Å². The van der Waals surface area contributed by atoms with Gasteiger partial charge in [0.05, 0.1) is 18.9 Å². The van der Waals surface area contributed by atoms with Gasteiger partial charge in [-0.1, -0.05) is 37.6 Å². The standard InChI is InChI=1S/C16H18ClNO3/c1-9(2)15-14(16(20)21-3)13(19)8-12(18-15)10-4-6-11(17)7-5-10/h4-7,9,12,19H,8H2,1-3H3. The summed E-state index contributed by atoms with van der Waals surface area (Å²) < 4.78 is 4.74. The number of methoxy groups -OCH3 is 1. The lowest BCUT2D eigenvalue weighted by Crippen LogP contribution is -2.26. The van der Waals surface area contributed by atoms with Gasteiger partial charge in [-0.2, -0.15) is 0 Å². The van der Waals surface area contributed by atoms with E-state index in [1.54, 1.807) is 12.1 Å². The minimum Gasteiger partial charge on any atom is -0.511 e. The van der Waals surface area contributed by atoms with Crippen molar-refractivity contribution in [3.63, 3.8) is 0 Å². The van der Waals surface area contributed by atoms with E-state index < -0.39 is 5.97 Å². The summed E-state index contributed by atoms with van der Waals surface area (Å²) in [7, 11) is 1.30. The third-order valence-electron chi connectivity index (χ3n) is 3.42. The zero-order chi connectivity index (χ0) is 15.6. The maximum absolute atomic E-state index is 11.8. The number of hydrogen-bond donors (Lipinski definition) is 1. The molecule has 1 aliphatic heterocycles. The van der Waals surface area contributed by atoms with Gasteiger partial charge in [-0.25, -0.2) is 4.79 Å². The highest BCUT2D eigenvalue weighted by Gasteiger charge is 2.31. The Kier molecular flexibility index (Phi) is 4.68. The Morgan fingerprint density at radius 3 is 2.52 bits per heavy atom. The third kappa shape index (κ3) is 3.27. The van der Waals surface area contributed by atoms with Gasteiger partial charge in [-0.05, 0) is 23.6 Å². The van der Waals surface area contributed by atoms with Crippen LogP contribution in [0.2, 0.25) is 5.02 Å². The molecule has 1 aromatic carbocycles. The van der Waals surface area contributed by atoms with Gasteiger partial charge in [0.15, 0.2) is 0 Å². The minimum atomic E-state index is -0.547. The maximum Gasteiger partial charge on any atom is 0.343 e. The molecule has 0 amide bonds. The molecular weight excluding hydrogens is 290 g/mol. The molecule has 1 aromatic rings. The summed E-state index contributed by atoms with van der Waals surface area (Å²) in [4.78, 5) is 16.5. The first-order valence-corrected chi connectivity index (χ1v) is 7.15. The zero-order valence-corrected chi connectivity index (χ0v) is 13.0. The fourth-order valence-electron chi connectivity index (χ4n) is 2.35. The lowest BCUT2D eigenvalue weighted by atomic mass is 9.91. The minimum absolute atomic E-state index is 0.0105. The molecule has 0 saturated heterocycles. The zero-order valence-electron chi connectivity index (χ0n) is 12.3. The molecule has 2 rings (SSSR count). The summed E-state index contributed by atoms with van der Waals surface area (Å²) in [6.45, 7) is 3.86. The summed E-state index contributed by atoms with van der Waals surface area (Å²) >= 11 is 5.89. The molecule has 21 heavy (non-hydrogen) atoms. The summed E-state index contributed by atoms with van der Waals surface area (Å²) in [6, 6.07) is 7.12. The maximum atomic E-state index is 11.8. The molecule has 0 aromatic heterocycles. The van der Waals surface area contributed by atoms with Gasteiger partial charge in [-0.15, -0.1) is 0 Å². The number of carbonyl (C=O) groups is 1. The fourth-order valence-corrected chi connectivity index (χ4v) is 2.48. The van der Waals surface area contributed by atoms with Crippen LogP contribution in [0, 0.1) is 5.92 Å². The smallest absolute Gasteiger partial charge is 0.343 e. The number of carbonyl (C=O) groups excluding carboxylic acids is 1. The number of ether oxygens (including phenoxy) is 1. The summed E-state index contributed by atoms with van der Waals surface area (Å²) in [6.07, 6.45) is 0.280. The molecule has 0 radical (unpaired) electrons. The molecule has 0 saturated carbocycles. The number of rotatable bonds is 3. The van der Waals surface area contributed by atoms with E-state index in [4.69, 9.17) is 16.3 Å². The van der Waals surface area contributed by atoms with Gasteiger partial charge in [0.25, 0.3) is 0 Å². The molecule has 1 atom stereocenters. The number of dihydropyridines is 1. The molecule has 1 aliphatic rings. The average molecular weight is 308 g/mol. The van der Waals surface area contributed by atoms with E-state index in [9.17, 15) is 9.90 Å². The van der Waals surface area contributed by atoms with Crippen molar-refractivity contribution < 1.29 is 14.6 Å². The van der Waals surface area contributed by atoms with Crippen LogP contribution in [0.25, 0.3) is 0 Å². The van der Waals surface area contributed by atoms with E-state index in [2.05, 4.69) is 4.99 Å². The van der Waals surface area contributed by atoms with Gasteiger partial charge in [0, 0.05) is 11.4 Å². The topological polar surface area (TPSA) is 58.9 Å². The lowest BCUT2D eigenvalue weighted by Gasteiger charge is -2.24. The number of aliphatic imine (C=N–C) groups is 1. The van der Waals surface area contributed by atoms with Gasteiger partial charge >= 0.3 is 5.97 Å². The highest BCUT2D eigenvalue weighted by atomic mass is 35.5. The number of aliphatic hydroxyl groups is 1. The first-order valence-electron chi connectivity index (χ1n) is 6.78. The van der Waals surface area contributed by atoms with Crippen molar-refractivity contribution >= 4 is 23.3 Å². The van der Waals surface area contributed by atoms with E-state index in [1.807, 2.05) is 26.0 Å². The van der Waals surface area contributed by atoms with Crippen LogP contribution in [0.1, 0.15) is 31.9 Å². The first kappa shape index (κ1) is 15.6. The highest BCUT2D eigenvalue weighted by molar-refractivity contribution is 6.30. The van der Waals surface area contributed by atoms with Crippen LogP contribution in [-0.2, 0) is 9.53 Å². The molecule has 0 fully saturated rings. The van der Waals surface area contributed by atoms with E-state index in [-0.39, 0.29) is 29.7 Å². The van der Waals surface area contributed by atoms with Crippen molar-refractivity contribution in [3.8, 4) is 0 Å². The predicted molar refractivity (Wildman–Crippen MR) is 82.8 cm³/mol. The van der Waals surface area contributed by atoms with Crippen molar-refractivity contribution in [2.24, 2.45) is 10.9 Å². The molecule has 4 nitrogen and oxygen atoms in total. The molecule has 5 heteroatoms. The van der Waals surface area contributed by atoms with Crippen molar-refractivity contribution in [2.75, 3.05) is 7.11 Å². The van der Waals surface area contributed by atoms with Gasteiger partial charge in [0.2, 0.25) is 0 Å². The molecule has 0 aliphatic carbocycles. The molecule has 112 valence electrons. The Morgan fingerprint density at radius 2 is 2.00 bits per heavy atom. The third-order valence-corrected chi connectivity index (χ3v) is 3.67.